The number of Topliss-reactive ketones (excluding diaryl/α,β-unsaturated/α-hetero) is 1. The summed E-state index contributed by atoms with van der Waals surface area (Å²) in [7, 11) is -3.73. The first-order valence-electron chi connectivity index (χ1n) is 9.02. The molecule has 144 valence electrons. The molecule has 0 radical (unpaired) electrons. The molecule has 26 heavy (non-hydrogen) atoms. The molecular formula is C18H27N3O4S. The lowest BCUT2D eigenvalue weighted by atomic mass is 10.1. The fraction of sp³-hybridized carbons (Fsp3) is 0.556. The lowest BCUT2D eigenvalue weighted by Crippen LogP contribution is -2.49. The average molecular weight is 381 g/mol. The smallest absolute Gasteiger partial charge is 0.243 e. The van der Waals surface area contributed by atoms with Crippen LogP contribution in [0.2, 0.25) is 0 Å². The van der Waals surface area contributed by atoms with E-state index in [2.05, 4.69) is 5.32 Å². The van der Waals surface area contributed by atoms with Gasteiger partial charge in [0, 0.05) is 44.1 Å². The highest BCUT2D eigenvalue weighted by Gasteiger charge is 2.33. The number of nitrogens with two attached hydrogens (primary N) is 1. The van der Waals surface area contributed by atoms with Crippen LogP contribution in [0.4, 0.5) is 0 Å². The van der Waals surface area contributed by atoms with Gasteiger partial charge in [0.25, 0.3) is 0 Å². The fourth-order valence-electron chi connectivity index (χ4n) is 3.12. The average Bonchev–Trinajstić information content (AvgIpc) is 2.66. The molecule has 1 aromatic rings. The Labute approximate surface area is 155 Å². The van der Waals surface area contributed by atoms with Crippen LogP contribution in [-0.4, -0.2) is 50.1 Å². The molecule has 0 spiro atoms. The maximum absolute atomic E-state index is 13.1. The Kier molecular flexibility index (Phi) is 7.31. The minimum Gasteiger partial charge on any atom is -0.354 e. The van der Waals surface area contributed by atoms with Crippen molar-refractivity contribution in [3.05, 3.63) is 29.8 Å². The van der Waals surface area contributed by atoms with E-state index < -0.39 is 10.0 Å². The van der Waals surface area contributed by atoms with Crippen LogP contribution in [-0.2, 0) is 14.8 Å². The van der Waals surface area contributed by atoms with E-state index in [9.17, 15) is 18.0 Å². The zero-order chi connectivity index (χ0) is 19.2. The molecule has 1 aromatic carbocycles. The monoisotopic (exact) mass is 381 g/mol. The molecule has 1 aliphatic rings. The number of carbonyl (C=O) groups excluding carboxylic acids is 2. The number of nitrogens with zero attached hydrogens (tertiary/aromatic N) is 1. The number of piperidine rings is 1. The van der Waals surface area contributed by atoms with Gasteiger partial charge in [-0.3, -0.25) is 9.59 Å². The van der Waals surface area contributed by atoms with Crippen LogP contribution in [0.25, 0.3) is 0 Å². The Morgan fingerprint density at radius 2 is 2.08 bits per heavy atom. The maximum Gasteiger partial charge on any atom is 0.243 e. The number of rotatable bonds is 8. The van der Waals surface area contributed by atoms with E-state index >= 15 is 0 Å². The van der Waals surface area contributed by atoms with Gasteiger partial charge in [-0.2, -0.15) is 4.31 Å². The van der Waals surface area contributed by atoms with Crippen LogP contribution in [0.5, 0.6) is 0 Å². The molecule has 1 unspecified atom stereocenters. The number of benzene rings is 1. The molecule has 1 fully saturated rings. The highest BCUT2D eigenvalue weighted by Crippen LogP contribution is 2.26. The summed E-state index contributed by atoms with van der Waals surface area (Å²) in [5.41, 5.74) is 5.77. The van der Waals surface area contributed by atoms with Gasteiger partial charge in [-0.15, -0.1) is 0 Å². The lowest BCUT2D eigenvalue weighted by molar-refractivity contribution is -0.121. The maximum atomic E-state index is 13.1. The molecule has 1 heterocycles. The molecule has 0 saturated carbocycles. The van der Waals surface area contributed by atoms with Gasteiger partial charge in [-0.1, -0.05) is 25.5 Å². The van der Waals surface area contributed by atoms with Crippen LogP contribution in [0.15, 0.2) is 29.2 Å². The summed E-state index contributed by atoms with van der Waals surface area (Å²) in [4.78, 5) is 23.7. The van der Waals surface area contributed by atoms with Gasteiger partial charge in [0.1, 0.15) is 0 Å². The molecule has 7 nitrogen and oxygen atoms in total. The molecule has 3 N–H and O–H groups in total. The number of sulfonamides is 1. The Bertz CT molecular complexity index is 749. The molecule has 0 aromatic heterocycles. The van der Waals surface area contributed by atoms with E-state index in [-0.39, 0.29) is 42.1 Å². The van der Waals surface area contributed by atoms with Crippen LogP contribution in [0, 0.1) is 0 Å². The third kappa shape index (κ3) is 4.90. The topological polar surface area (TPSA) is 110 Å². The summed E-state index contributed by atoms with van der Waals surface area (Å²) in [5, 5.41) is 2.77. The number of carbonyl (C=O) groups is 2. The van der Waals surface area contributed by atoms with E-state index in [1.807, 2.05) is 0 Å². The summed E-state index contributed by atoms with van der Waals surface area (Å²) in [6.07, 6.45) is 2.93. The summed E-state index contributed by atoms with van der Waals surface area (Å²) >= 11 is 0. The zero-order valence-corrected chi connectivity index (χ0v) is 15.9. The fourth-order valence-corrected chi connectivity index (χ4v) is 4.85. The lowest BCUT2D eigenvalue weighted by Gasteiger charge is -2.34. The van der Waals surface area contributed by atoms with Gasteiger partial charge in [0.05, 0.1) is 4.90 Å². The van der Waals surface area contributed by atoms with Gasteiger partial charge in [-0.25, -0.2) is 8.42 Å². The predicted molar refractivity (Wildman–Crippen MR) is 99.3 cm³/mol. The Balaban J connectivity index is 2.21. The van der Waals surface area contributed by atoms with Crippen molar-refractivity contribution in [3.63, 3.8) is 0 Å². The van der Waals surface area contributed by atoms with Crippen molar-refractivity contribution in [1.82, 2.24) is 9.62 Å². The molecule has 0 bridgehead atoms. The summed E-state index contributed by atoms with van der Waals surface area (Å²) < 4.78 is 27.7. The molecule has 1 amide bonds. The van der Waals surface area contributed by atoms with Crippen LogP contribution < -0.4 is 11.1 Å². The van der Waals surface area contributed by atoms with Crippen molar-refractivity contribution in [2.45, 2.75) is 50.0 Å². The van der Waals surface area contributed by atoms with Crippen LogP contribution in [0.3, 0.4) is 0 Å². The Hall–Kier alpha value is -1.77. The van der Waals surface area contributed by atoms with E-state index in [1.54, 1.807) is 19.1 Å². The summed E-state index contributed by atoms with van der Waals surface area (Å²) in [6.45, 7) is 2.68. The highest BCUT2D eigenvalue weighted by molar-refractivity contribution is 7.89. The van der Waals surface area contributed by atoms with Crippen molar-refractivity contribution in [3.8, 4) is 0 Å². The molecule has 0 aliphatic carbocycles. The molecule has 1 saturated heterocycles. The van der Waals surface area contributed by atoms with Gasteiger partial charge in [0.2, 0.25) is 15.9 Å². The quantitative estimate of drug-likeness (QED) is 0.660. The van der Waals surface area contributed by atoms with Crippen molar-refractivity contribution in [1.29, 1.82) is 0 Å². The number of ketones is 1. The second kappa shape index (κ2) is 9.25. The van der Waals surface area contributed by atoms with Crippen LogP contribution >= 0.6 is 0 Å². The van der Waals surface area contributed by atoms with E-state index in [0.29, 0.717) is 24.9 Å². The number of hydrogen-bond acceptors (Lipinski definition) is 5. The molecule has 2 rings (SSSR count). The van der Waals surface area contributed by atoms with Crippen molar-refractivity contribution >= 4 is 21.7 Å². The van der Waals surface area contributed by atoms with Gasteiger partial charge in [-0.05, 0) is 25.0 Å². The van der Waals surface area contributed by atoms with Crippen molar-refractivity contribution < 1.29 is 18.0 Å². The minimum atomic E-state index is -3.73. The minimum absolute atomic E-state index is 0.0914. The first kappa shape index (κ1) is 20.5. The van der Waals surface area contributed by atoms with E-state index in [0.717, 1.165) is 12.8 Å². The second-order valence-electron chi connectivity index (χ2n) is 6.41. The molecule has 8 heteroatoms. The third-order valence-corrected chi connectivity index (χ3v) is 6.51. The van der Waals surface area contributed by atoms with Crippen molar-refractivity contribution in [2.24, 2.45) is 5.73 Å². The zero-order valence-electron chi connectivity index (χ0n) is 15.1. The van der Waals surface area contributed by atoms with E-state index in [4.69, 9.17) is 5.73 Å². The molecule has 1 atom stereocenters. The predicted octanol–water partition coefficient (Wildman–Crippen LogP) is 1.29. The standard InChI is InChI=1S/C18H27N3O4S/c1-2-17(22)14-6-5-8-16(12-14)26(24,25)21-11-4-3-7-15(21)13-20-18(23)9-10-19/h5-6,8,12,15H,2-4,7,9-11,13,19H2,1H3,(H,20,23). The highest BCUT2D eigenvalue weighted by atomic mass is 32.2. The van der Waals surface area contributed by atoms with Gasteiger partial charge in [0.15, 0.2) is 5.78 Å². The van der Waals surface area contributed by atoms with Crippen LogP contribution in [0.1, 0.15) is 49.4 Å². The Morgan fingerprint density at radius 3 is 2.77 bits per heavy atom. The summed E-state index contributed by atoms with van der Waals surface area (Å²) in [6, 6.07) is 5.89. The van der Waals surface area contributed by atoms with Gasteiger partial charge < -0.3 is 11.1 Å². The molecular weight excluding hydrogens is 354 g/mol. The second-order valence-corrected chi connectivity index (χ2v) is 8.30. The molecule has 1 aliphatic heterocycles. The first-order chi connectivity index (χ1) is 12.4. The third-order valence-electron chi connectivity index (χ3n) is 4.56. The van der Waals surface area contributed by atoms with E-state index in [1.165, 1.54) is 16.4 Å². The summed E-state index contributed by atoms with van der Waals surface area (Å²) in [5.74, 6) is -0.266. The van der Waals surface area contributed by atoms with Gasteiger partial charge >= 0.3 is 0 Å². The number of amides is 1. The Morgan fingerprint density at radius 1 is 1.31 bits per heavy atom. The normalized spacial score (nSPS) is 18.5. The number of hydrogen-bond donors (Lipinski definition) is 2. The first-order valence-corrected chi connectivity index (χ1v) is 10.5. The largest absolute Gasteiger partial charge is 0.354 e. The van der Waals surface area contributed by atoms with Crippen molar-refractivity contribution in [2.75, 3.05) is 19.6 Å². The number of nitrogens with one attached hydrogen (secondary N) is 1. The SMILES string of the molecule is CCC(=O)c1cccc(S(=O)(=O)N2CCCCC2CNC(=O)CCN)c1.